The summed E-state index contributed by atoms with van der Waals surface area (Å²) in [6, 6.07) is 19.9. The second-order valence-electron chi connectivity index (χ2n) is 7.74. The fourth-order valence-electron chi connectivity index (χ4n) is 5.26. The Hall–Kier alpha value is -0.910. The number of benzene rings is 2. The molecule has 3 atom stereocenters. The molecule has 2 aromatic carbocycles. The van der Waals surface area contributed by atoms with E-state index in [9.17, 15) is 0 Å². The Morgan fingerprint density at radius 3 is 2.42 bits per heavy atom. The molecule has 0 amide bonds. The number of halogens is 1. The van der Waals surface area contributed by atoms with E-state index in [1.807, 2.05) is 0 Å². The van der Waals surface area contributed by atoms with E-state index >= 15 is 0 Å². The van der Waals surface area contributed by atoms with Gasteiger partial charge in [-0.2, -0.15) is 0 Å². The number of hydrogen-bond donors (Lipinski definition) is 0. The van der Waals surface area contributed by atoms with Crippen LogP contribution >= 0.6 is 22.6 Å². The average Bonchev–Trinajstić information content (AvgIpc) is 2.63. The Bertz CT molecular complexity index is 718. The lowest BCUT2D eigenvalue weighted by molar-refractivity contribution is -0.184. The van der Waals surface area contributed by atoms with Crippen molar-refractivity contribution in [3.63, 3.8) is 0 Å². The first-order valence-electron chi connectivity index (χ1n) is 9.88. The number of nitrogens with zero attached hydrogens (tertiary/aromatic N) is 1. The highest BCUT2D eigenvalue weighted by Crippen LogP contribution is 2.52. The van der Waals surface area contributed by atoms with E-state index in [0.717, 1.165) is 26.2 Å². The molecule has 4 rings (SSSR count). The molecule has 1 heterocycles. The van der Waals surface area contributed by atoms with Gasteiger partial charge in [0.05, 0.1) is 0 Å². The second kappa shape index (κ2) is 7.99. The van der Waals surface area contributed by atoms with E-state index in [1.54, 1.807) is 0 Å². The summed E-state index contributed by atoms with van der Waals surface area (Å²) in [5.74, 6) is 1.16. The predicted molar refractivity (Wildman–Crippen MR) is 115 cm³/mol. The van der Waals surface area contributed by atoms with Gasteiger partial charge in [-0.15, -0.1) is 0 Å². The van der Waals surface area contributed by atoms with E-state index in [-0.39, 0.29) is 5.60 Å². The summed E-state index contributed by atoms with van der Waals surface area (Å²) in [4.78, 5) is 2.66. The zero-order valence-corrected chi connectivity index (χ0v) is 17.7. The van der Waals surface area contributed by atoms with E-state index in [4.69, 9.17) is 4.74 Å². The van der Waals surface area contributed by atoms with Crippen LogP contribution in [0.15, 0.2) is 54.6 Å². The van der Waals surface area contributed by atoms with Gasteiger partial charge >= 0.3 is 0 Å². The maximum Gasteiger partial charge on any atom is 0.101 e. The summed E-state index contributed by atoms with van der Waals surface area (Å²) in [6.07, 6.45) is 3.88. The topological polar surface area (TPSA) is 12.5 Å². The Labute approximate surface area is 171 Å². The average molecular weight is 461 g/mol. The zero-order valence-electron chi connectivity index (χ0n) is 15.5. The fourth-order valence-corrected chi connectivity index (χ4v) is 5.80. The van der Waals surface area contributed by atoms with Crippen molar-refractivity contribution in [1.82, 2.24) is 4.90 Å². The SMILES string of the molecule is CCO[C@]1(c2cccc(I)c2)[C@@H]2CCC[C@H]1CN(Cc1ccccc1)C2. The van der Waals surface area contributed by atoms with Gasteiger partial charge in [-0.1, -0.05) is 48.9 Å². The molecule has 26 heavy (non-hydrogen) atoms. The van der Waals surface area contributed by atoms with Crippen LogP contribution in [0.1, 0.15) is 37.3 Å². The van der Waals surface area contributed by atoms with Crippen molar-refractivity contribution in [2.24, 2.45) is 11.8 Å². The van der Waals surface area contributed by atoms with Gasteiger partial charge < -0.3 is 4.74 Å². The van der Waals surface area contributed by atoms with Crippen molar-refractivity contribution in [2.75, 3.05) is 19.7 Å². The maximum absolute atomic E-state index is 6.65. The van der Waals surface area contributed by atoms with Crippen LogP contribution in [-0.4, -0.2) is 24.6 Å². The Kier molecular flexibility index (Phi) is 5.67. The van der Waals surface area contributed by atoms with Gasteiger partial charge in [0.1, 0.15) is 5.60 Å². The van der Waals surface area contributed by atoms with E-state index in [2.05, 4.69) is 89.0 Å². The summed E-state index contributed by atoms with van der Waals surface area (Å²) in [7, 11) is 0. The number of likely N-dealkylation sites (tertiary alicyclic amines) is 1. The molecule has 1 aliphatic carbocycles. The minimum atomic E-state index is -0.0959. The molecule has 0 unspecified atom stereocenters. The smallest absolute Gasteiger partial charge is 0.101 e. The lowest BCUT2D eigenvalue weighted by Gasteiger charge is -2.56. The van der Waals surface area contributed by atoms with E-state index < -0.39 is 0 Å². The molecule has 2 aromatic rings. The van der Waals surface area contributed by atoms with Crippen LogP contribution in [0.4, 0.5) is 0 Å². The summed E-state index contributed by atoms with van der Waals surface area (Å²) in [6.45, 7) is 6.27. The monoisotopic (exact) mass is 461 g/mol. The zero-order chi connectivity index (χ0) is 18.0. The molecular weight excluding hydrogens is 433 g/mol. The van der Waals surface area contributed by atoms with Crippen LogP contribution in [0, 0.1) is 15.4 Å². The van der Waals surface area contributed by atoms with Crippen molar-refractivity contribution in [1.29, 1.82) is 0 Å². The Morgan fingerprint density at radius 1 is 1.04 bits per heavy atom. The standard InChI is InChI=1S/C23H28INO/c1-2-26-23(19-10-7-13-22(24)14-19)20-11-6-12-21(23)17-25(16-20)15-18-8-4-3-5-9-18/h3-5,7-10,13-14,20-21H,2,6,11-12,15-17H2,1H3/t20-,21+,23-. The highest BCUT2D eigenvalue weighted by atomic mass is 127. The molecular formula is C23H28INO. The molecule has 1 aliphatic heterocycles. The molecule has 0 aromatic heterocycles. The summed E-state index contributed by atoms with van der Waals surface area (Å²) in [5, 5.41) is 0. The second-order valence-corrected chi connectivity index (χ2v) is 8.99. The molecule has 0 N–H and O–H groups in total. The highest BCUT2D eigenvalue weighted by Gasteiger charge is 2.53. The van der Waals surface area contributed by atoms with Gasteiger partial charge in [0, 0.05) is 41.6 Å². The van der Waals surface area contributed by atoms with E-state index in [1.165, 1.54) is 34.0 Å². The van der Waals surface area contributed by atoms with Gasteiger partial charge in [-0.25, -0.2) is 0 Å². The third-order valence-electron chi connectivity index (χ3n) is 6.18. The minimum absolute atomic E-state index is 0.0959. The number of fused-ring (bicyclic) bond motifs is 2. The van der Waals surface area contributed by atoms with Gasteiger partial charge in [0.2, 0.25) is 0 Å². The molecule has 0 radical (unpaired) electrons. The summed E-state index contributed by atoms with van der Waals surface area (Å²) >= 11 is 2.43. The fraction of sp³-hybridized carbons (Fsp3) is 0.478. The van der Waals surface area contributed by atoms with Crippen LogP contribution in [-0.2, 0) is 16.9 Å². The van der Waals surface area contributed by atoms with Crippen LogP contribution in [0.3, 0.4) is 0 Å². The third-order valence-corrected chi connectivity index (χ3v) is 6.85. The number of rotatable bonds is 5. The molecule has 1 saturated carbocycles. The van der Waals surface area contributed by atoms with E-state index in [0.29, 0.717) is 11.8 Å². The van der Waals surface area contributed by atoms with Crippen molar-refractivity contribution < 1.29 is 4.74 Å². The number of hydrogen-bond acceptors (Lipinski definition) is 2. The first-order chi connectivity index (χ1) is 12.7. The van der Waals surface area contributed by atoms with Gasteiger partial charge in [0.15, 0.2) is 0 Å². The summed E-state index contributed by atoms with van der Waals surface area (Å²) < 4.78 is 7.96. The molecule has 3 heteroatoms. The first kappa shape index (κ1) is 18.5. The van der Waals surface area contributed by atoms with Crippen LogP contribution in [0.5, 0.6) is 0 Å². The number of piperidine rings is 1. The minimum Gasteiger partial charge on any atom is -0.370 e. The Balaban J connectivity index is 1.64. The lowest BCUT2D eigenvalue weighted by atomic mass is 9.62. The first-order valence-corrected chi connectivity index (χ1v) is 11.0. The molecule has 2 nitrogen and oxygen atoms in total. The molecule has 2 aliphatic rings. The number of ether oxygens (including phenoxy) is 1. The summed E-state index contributed by atoms with van der Waals surface area (Å²) in [5.41, 5.74) is 2.73. The Morgan fingerprint density at radius 2 is 1.77 bits per heavy atom. The van der Waals surface area contributed by atoms with Crippen molar-refractivity contribution in [3.8, 4) is 0 Å². The van der Waals surface area contributed by atoms with Crippen LogP contribution in [0.25, 0.3) is 0 Å². The molecule has 138 valence electrons. The maximum atomic E-state index is 6.65. The normalized spacial score (nSPS) is 28.8. The van der Waals surface area contributed by atoms with Gasteiger partial charge in [-0.05, 0) is 65.6 Å². The quantitative estimate of drug-likeness (QED) is 0.549. The van der Waals surface area contributed by atoms with Crippen molar-refractivity contribution in [2.45, 2.75) is 38.3 Å². The van der Waals surface area contributed by atoms with Crippen molar-refractivity contribution in [3.05, 3.63) is 69.3 Å². The lowest BCUT2D eigenvalue weighted by Crippen LogP contribution is -2.59. The molecule has 0 spiro atoms. The highest BCUT2D eigenvalue weighted by molar-refractivity contribution is 14.1. The molecule has 1 saturated heterocycles. The molecule has 2 bridgehead atoms. The van der Waals surface area contributed by atoms with Gasteiger partial charge in [-0.3, -0.25) is 4.90 Å². The third kappa shape index (κ3) is 3.46. The predicted octanol–water partition coefficient (Wildman–Crippen LogP) is 5.46. The molecule has 2 fully saturated rings. The largest absolute Gasteiger partial charge is 0.370 e. The van der Waals surface area contributed by atoms with Crippen molar-refractivity contribution >= 4 is 22.6 Å². The van der Waals surface area contributed by atoms with Crippen LogP contribution < -0.4 is 0 Å². The van der Waals surface area contributed by atoms with Gasteiger partial charge in [0.25, 0.3) is 0 Å². The van der Waals surface area contributed by atoms with Crippen LogP contribution in [0.2, 0.25) is 0 Å².